The van der Waals surface area contributed by atoms with Crippen molar-refractivity contribution >= 4 is 22.3 Å². The van der Waals surface area contributed by atoms with Gasteiger partial charge in [-0.3, -0.25) is 4.79 Å². The third-order valence-corrected chi connectivity index (χ3v) is 4.75. The van der Waals surface area contributed by atoms with Crippen LogP contribution in [-0.2, 0) is 0 Å². The second-order valence-corrected chi connectivity index (χ2v) is 6.28. The smallest absolute Gasteiger partial charge is 0.185 e. The van der Waals surface area contributed by atoms with Crippen LogP contribution in [0.4, 0.5) is 5.13 Å². The summed E-state index contributed by atoms with van der Waals surface area (Å²) in [7, 11) is 2.15. The van der Waals surface area contributed by atoms with Gasteiger partial charge in [0, 0.05) is 42.7 Å². The molecule has 0 radical (unpaired) electrons. The lowest BCUT2D eigenvalue weighted by molar-refractivity contribution is 0.101. The number of rotatable bonds is 3. The van der Waals surface area contributed by atoms with Gasteiger partial charge in [-0.15, -0.1) is 11.3 Å². The molecule has 1 aliphatic rings. The molecule has 2 aromatic rings. The third-order valence-electron chi connectivity index (χ3n) is 3.85. The number of thiazole rings is 1. The average Bonchev–Trinajstić information content (AvgIpc) is 2.98. The Balaban J connectivity index is 1.76. The number of piperazine rings is 1. The number of aromatic nitrogens is 1. The van der Waals surface area contributed by atoms with E-state index in [2.05, 4.69) is 22.2 Å². The Kier molecular flexibility index (Phi) is 4.03. The maximum atomic E-state index is 11.3. The van der Waals surface area contributed by atoms with Crippen LogP contribution in [0.15, 0.2) is 29.6 Å². The van der Waals surface area contributed by atoms with Gasteiger partial charge in [-0.05, 0) is 14.0 Å². The molecule has 1 aliphatic heterocycles. The molecule has 1 saturated heterocycles. The fourth-order valence-electron chi connectivity index (χ4n) is 2.42. The van der Waals surface area contributed by atoms with Crippen LogP contribution in [0.2, 0.25) is 0 Å². The predicted molar refractivity (Wildman–Crippen MR) is 87.3 cm³/mol. The normalized spacial score (nSPS) is 16.2. The van der Waals surface area contributed by atoms with Crippen molar-refractivity contribution in [2.75, 3.05) is 38.1 Å². The maximum Gasteiger partial charge on any atom is 0.185 e. The number of nitrogens with zero attached hydrogens (tertiary/aromatic N) is 3. The van der Waals surface area contributed by atoms with Crippen molar-refractivity contribution in [2.24, 2.45) is 0 Å². The number of carbonyl (C=O) groups excluding carboxylic acids is 1. The first kappa shape index (κ1) is 14.2. The average molecular weight is 301 g/mol. The highest BCUT2D eigenvalue weighted by molar-refractivity contribution is 7.14. The van der Waals surface area contributed by atoms with Crippen LogP contribution >= 0.6 is 11.3 Å². The lowest BCUT2D eigenvalue weighted by Crippen LogP contribution is -2.44. The van der Waals surface area contributed by atoms with Crippen molar-refractivity contribution in [2.45, 2.75) is 6.92 Å². The summed E-state index contributed by atoms with van der Waals surface area (Å²) in [4.78, 5) is 20.7. The van der Waals surface area contributed by atoms with Gasteiger partial charge in [-0.25, -0.2) is 4.98 Å². The Morgan fingerprint density at radius 3 is 2.43 bits per heavy atom. The van der Waals surface area contributed by atoms with Crippen LogP contribution in [0.25, 0.3) is 11.3 Å². The Bertz CT molecular complexity index is 627. The van der Waals surface area contributed by atoms with Crippen molar-refractivity contribution in [3.8, 4) is 11.3 Å². The molecular weight excluding hydrogens is 282 g/mol. The van der Waals surface area contributed by atoms with E-state index >= 15 is 0 Å². The van der Waals surface area contributed by atoms with E-state index in [1.54, 1.807) is 18.3 Å². The zero-order chi connectivity index (χ0) is 14.8. The molecule has 0 saturated carbocycles. The quantitative estimate of drug-likeness (QED) is 0.817. The molecule has 1 fully saturated rings. The second-order valence-electron chi connectivity index (χ2n) is 5.44. The summed E-state index contributed by atoms with van der Waals surface area (Å²) < 4.78 is 0. The Labute approximate surface area is 129 Å². The highest BCUT2D eigenvalue weighted by Crippen LogP contribution is 2.28. The molecule has 0 spiro atoms. The molecule has 0 aliphatic carbocycles. The summed E-state index contributed by atoms with van der Waals surface area (Å²) in [6.45, 7) is 5.83. The number of likely N-dealkylation sites (N-methyl/N-ethyl adjacent to an activating group) is 1. The van der Waals surface area contributed by atoms with E-state index in [9.17, 15) is 4.79 Å². The first-order valence-corrected chi connectivity index (χ1v) is 8.02. The number of ketones is 1. The van der Waals surface area contributed by atoms with Gasteiger partial charge in [0.15, 0.2) is 10.9 Å². The second kappa shape index (κ2) is 5.95. The molecule has 1 aromatic carbocycles. The Hall–Kier alpha value is -1.72. The topological polar surface area (TPSA) is 36.4 Å². The van der Waals surface area contributed by atoms with Gasteiger partial charge in [0.05, 0.1) is 5.69 Å². The Morgan fingerprint density at radius 1 is 1.14 bits per heavy atom. The van der Waals surface area contributed by atoms with E-state index in [4.69, 9.17) is 4.98 Å². The zero-order valence-corrected chi connectivity index (χ0v) is 13.2. The van der Waals surface area contributed by atoms with E-state index in [1.165, 1.54) is 0 Å². The summed E-state index contributed by atoms with van der Waals surface area (Å²) in [6, 6.07) is 7.68. The summed E-state index contributed by atoms with van der Waals surface area (Å²) in [5.41, 5.74) is 2.80. The fourth-order valence-corrected chi connectivity index (χ4v) is 3.30. The molecule has 21 heavy (non-hydrogen) atoms. The summed E-state index contributed by atoms with van der Waals surface area (Å²) in [5.74, 6) is 0.0953. The minimum Gasteiger partial charge on any atom is -0.346 e. The lowest BCUT2D eigenvalue weighted by Gasteiger charge is -2.32. The van der Waals surface area contributed by atoms with Crippen LogP contribution in [0.5, 0.6) is 0 Å². The van der Waals surface area contributed by atoms with Gasteiger partial charge in [0.25, 0.3) is 0 Å². The van der Waals surface area contributed by atoms with Gasteiger partial charge < -0.3 is 9.80 Å². The zero-order valence-electron chi connectivity index (χ0n) is 12.4. The van der Waals surface area contributed by atoms with Crippen molar-refractivity contribution in [3.05, 3.63) is 35.2 Å². The van der Waals surface area contributed by atoms with Crippen molar-refractivity contribution < 1.29 is 4.79 Å². The first-order chi connectivity index (χ1) is 10.1. The van der Waals surface area contributed by atoms with E-state index in [0.717, 1.165) is 48.1 Å². The summed E-state index contributed by atoms with van der Waals surface area (Å²) >= 11 is 1.69. The standard InChI is InChI=1S/C16H19N3OS/c1-12(20)13-3-5-14(6-4-13)15-11-21-16(17-15)19-9-7-18(2)8-10-19/h3-6,11H,7-10H2,1-2H3. The highest BCUT2D eigenvalue weighted by atomic mass is 32.1. The number of hydrogen-bond donors (Lipinski definition) is 0. The molecule has 0 unspecified atom stereocenters. The minimum atomic E-state index is 0.0953. The van der Waals surface area contributed by atoms with Crippen molar-refractivity contribution in [1.29, 1.82) is 0 Å². The lowest BCUT2D eigenvalue weighted by atomic mass is 10.1. The van der Waals surface area contributed by atoms with E-state index < -0.39 is 0 Å². The number of Topliss-reactive ketones (excluding diaryl/α,β-unsaturated/α-hetero) is 1. The van der Waals surface area contributed by atoms with Crippen LogP contribution in [0.3, 0.4) is 0 Å². The number of hydrogen-bond acceptors (Lipinski definition) is 5. The molecule has 0 bridgehead atoms. The van der Waals surface area contributed by atoms with Gasteiger partial charge in [-0.2, -0.15) is 0 Å². The fraction of sp³-hybridized carbons (Fsp3) is 0.375. The van der Waals surface area contributed by atoms with Gasteiger partial charge in [0.1, 0.15) is 0 Å². The minimum absolute atomic E-state index is 0.0953. The molecule has 3 rings (SSSR count). The monoisotopic (exact) mass is 301 g/mol. The van der Waals surface area contributed by atoms with Gasteiger partial charge in [-0.1, -0.05) is 24.3 Å². The SMILES string of the molecule is CC(=O)c1ccc(-c2csc(N3CCN(C)CC3)n2)cc1. The highest BCUT2D eigenvalue weighted by Gasteiger charge is 2.17. The third kappa shape index (κ3) is 3.14. The molecular formula is C16H19N3OS. The molecule has 0 amide bonds. The maximum absolute atomic E-state index is 11.3. The molecule has 4 nitrogen and oxygen atoms in total. The predicted octanol–water partition coefficient (Wildman–Crippen LogP) is 2.76. The van der Waals surface area contributed by atoms with E-state index in [-0.39, 0.29) is 5.78 Å². The van der Waals surface area contributed by atoms with Crippen LogP contribution in [-0.4, -0.2) is 48.9 Å². The van der Waals surface area contributed by atoms with Crippen LogP contribution in [0, 0.1) is 0 Å². The largest absolute Gasteiger partial charge is 0.346 e. The summed E-state index contributed by atoms with van der Waals surface area (Å²) in [6.07, 6.45) is 0. The molecule has 0 N–H and O–H groups in total. The molecule has 1 aromatic heterocycles. The molecule has 110 valence electrons. The number of benzene rings is 1. The molecule has 0 atom stereocenters. The Morgan fingerprint density at radius 2 is 1.81 bits per heavy atom. The van der Waals surface area contributed by atoms with Crippen molar-refractivity contribution in [1.82, 2.24) is 9.88 Å². The number of anilines is 1. The number of carbonyl (C=O) groups is 1. The van der Waals surface area contributed by atoms with Gasteiger partial charge in [0.2, 0.25) is 0 Å². The molecule has 5 heteroatoms. The van der Waals surface area contributed by atoms with E-state index in [1.807, 2.05) is 24.3 Å². The van der Waals surface area contributed by atoms with E-state index in [0.29, 0.717) is 0 Å². The first-order valence-electron chi connectivity index (χ1n) is 7.14. The summed E-state index contributed by atoms with van der Waals surface area (Å²) in [5, 5.41) is 3.19. The molecule has 2 heterocycles. The van der Waals surface area contributed by atoms with Crippen LogP contribution < -0.4 is 4.90 Å². The van der Waals surface area contributed by atoms with Gasteiger partial charge >= 0.3 is 0 Å². The van der Waals surface area contributed by atoms with Crippen molar-refractivity contribution in [3.63, 3.8) is 0 Å². The van der Waals surface area contributed by atoms with Crippen LogP contribution in [0.1, 0.15) is 17.3 Å².